The van der Waals surface area contributed by atoms with E-state index in [0.29, 0.717) is 88.7 Å². The second-order valence-corrected chi connectivity index (χ2v) is 17.4. The minimum atomic E-state index is 0.147. The quantitative estimate of drug-likeness (QED) is 0.0590. The zero-order valence-corrected chi connectivity index (χ0v) is 38.7. The molecule has 0 amide bonds. The van der Waals surface area contributed by atoms with Gasteiger partial charge in [0.1, 0.15) is 18.1 Å². The Kier molecular flexibility index (Phi) is 19.9. The molecule has 19 heteroatoms. The van der Waals surface area contributed by atoms with Crippen molar-refractivity contribution in [1.29, 1.82) is 0 Å². The van der Waals surface area contributed by atoms with Crippen molar-refractivity contribution in [1.82, 2.24) is 40.5 Å². The van der Waals surface area contributed by atoms with Crippen molar-refractivity contribution in [3.05, 3.63) is 51.7 Å². The standard InChI is InChI=1S/C22H31ClN6O2.C17H21Cl2N5O.C5H11NO/c1-30-19-11-10-16(13-18(19)23)26-21-27-20(25-15-7-4-2-3-5-8-15)28-22(29-21)31-14-17-9-6-12-24-17;1-25-14-9-8-12(10-13(14)18)21-17-23-15(19)22-16(24-17)20-11-6-4-2-3-5-7-11;7-4-5-2-1-3-6-5/h10-11,13,15,17,24H,2-9,12,14H2,1H3,(H2,25,26,27,28,29);8-11H,2-7H2,1H3,(H2,20,21,22,23,24);5-7H,1-4H2. The number of benzene rings is 2. The number of ether oxygens (including phenoxy) is 3. The van der Waals surface area contributed by atoms with Crippen LogP contribution < -0.4 is 46.1 Å². The molecule has 63 heavy (non-hydrogen) atoms. The number of hydrogen-bond donors (Lipinski definition) is 7. The van der Waals surface area contributed by atoms with Crippen molar-refractivity contribution in [2.45, 2.75) is 127 Å². The Morgan fingerprint density at radius 3 is 1.48 bits per heavy atom. The number of halogens is 3. The molecule has 4 heterocycles. The first-order valence-corrected chi connectivity index (χ1v) is 23.5. The van der Waals surface area contributed by atoms with Gasteiger partial charge in [-0.3, -0.25) is 0 Å². The van der Waals surface area contributed by atoms with Crippen LogP contribution in [0.5, 0.6) is 17.5 Å². The molecule has 344 valence electrons. The number of methoxy groups -OCH3 is 2. The Morgan fingerprint density at radius 2 is 1.03 bits per heavy atom. The molecule has 2 unspecified atom stereocenters. The average molecular weight is 930 g/mol. The first-order chi connectivity index (χ1) is 30.8. The summed E-state index contributed by atoms with van der Waals surface area (Å²) in [5.74, 6) is 3.05. The Hall–Kier alpha value is -4.19. The van der Waals surface area contributed by atoms with Crippen LogP contribution in [0.25, 0.3) is 0 Å². The summed E-state index contributed by atoms with van der Waals surface area (Å²) < 4.78 is 16.3. The van der Waals surface area contributed by atoms with Crippen LogP contribution in [-0.2, 0) is 0 Å². The number of aliphatic hydroxyl groups is 1. The molecule has 2 aliphatic carbocycles. The summed E-state index contributed by atoms with van der Waals surface area (Å²) in [6.45, 7) is 2.97. The van der Waals surface area contributed by atoms with Gasteiger partial charge in [-0.15, -0.1) is 0 Å². The lowest BCUT2D eigenvalue weighted by Crippen LogP contribution is -2.28. The van der Waals surface area contributed by atoms with Gasteiger partial charge in [0.05, 0.1) is 30.9 Å². The highest BCUT2D eigenvalue weighted by atomic mass is 35.5. The molecule has 2 aliphatic heterocycles. The lowest BCUT2D eigenvalue weighted by Gasteiger charge is -2.18. The van der Waals surface area contributed by atoms with E-state index in [9.17, 15) is 0 Å². The lowest BCUT2D eigenvalue weighted by atomic mass is 10.1. The van der Waals surface area contributed by atoms with Crippen molar-refractivity contribution < 1.29 is 19.3 Å². The van der Waals surface area contributed by atoms with E-state index in [1.54, 1.807) is 38.5 Å². The minimum Gasteiger partial charge on any atom is -0.495 e. The van der Waals surface area contributed by atoms with Crippen molar-refractivity contribution in [3.63, 3.8) is 0 Å². The van der Waals surface area contributed by atoms with Gasteiger partial charge in [0.2, 0.25) is 29.1 Å². The van der Waals surface area contributed by atoms with E-state index >= 15 is 0 Å². The number of aliphatic hydroxyl groups excluding tert-OH is 1. The maximum atomic E-state index is 8.50. The summed E-state index contributed by atoms with van der Waals surface area (Å²) in [7, 11) is 3.17. The van der Waals surface area contributed by atoms with E-state index in [0.717, 1.165) is 63.0 Å². The average Bonchev–Trinajstić information content (AvgIpc) is 3.88. The molecule has 2 aromatic heterocycles. The minimum absolute atomic E-state index is 0.147. The van der Waals surface area contributed by atoms with Gasteiger partial charge in [0.25, 0.3) is 0 Å². The number of nitrogens with one attached hydrogen (secondary N) is 6. The lowest BCUT2D eigenvalue weighted by molar-refractivity contribution is 0.255. The van der Waals surface area contributed by atoms with Crippen molar-refractivity contribution in [2.24, 2.45) is 0 Å². The molecule has 0 bridgehead atoms. The van der Waals surface area contributed by atoms with E-state index < -0.39 is 0 Å². The van der Waals surface area contributed by atoms with Gasteiger partial charge < -0.3 is 51.2 Å². The van der Waals surface area contributed by atoms with E-state index in [1.807, 2.05) is 12.1 Å². The maximum Gasteiger partial charge on any atom is 0.323 e. The number of rotatable bonds is 14. The summed E-state index contributed by atoms with van der Waals surface area (Å²) in [6.07, 6.45) is 19.3. The predicted octanol–water partition coefficient (Wildman–Crippen LogP) is 9.34. The molecule has 2 atom stereocenters. The van der Waals surface area contributed by atoms with E-state index in [1.165, 1.54) is 64.2 Å². The first kappa shape index (κ1) is 48.3. The predicted molar refractivity (Wildman–Crippen MR) is 252 cm³/mol. The monoisotopic (exact) mass is 928 g/mol. The van der Waals surface area contributed by atoms with E-state index in [-0.39, 0.29) is 5.28 Å². The van der Waals surface area contributed by atoms with Crippen molar-refractivity contribution in [2.75, 3.05) is 61.8 Å². The van der Waals surface area contributed by atoms with Gasteiger partial charge in [0, 0.05) is 35.5 Å². The van der Waals surface area contributed by atoms with Crippen LogP contribution in [-0.4, -0.2) is 99.7 Å². The molecule has 2 saturated heterocycles. The zero-order valence-electron chi connectivity index (χ0n) is 36.4. The van der Waals surface area contributed by atoms with Gasteiger partial charge in [-0.2, -0.15) is 29.9 Å². The highest BCUT2D eigenvalue weighted by Crippen LogP contribution is 2.31. The van der Waals surface area contributed by atoms with E-state index in [4.69, 9.17) is 54.1 Å². The van der Waals surface area contributed by atoms with Crippen LogP contribution in [0, 0.1) is 0 Å². The van der Waals surface area contributed by atoms with Gasteiger partial charge in [-0.05, 0) is 112 Å². The van der Waals surface area contributed by atoms with Crippen LogP contribution in [0.15, 0.2) is 36.4 Å². The van der Waals surface area contributed by atoms with Crippen molar-refractivity contribution in [3.8, 4) is 17.5 Å². The Balaban J connectivity index is 0.000000184. The normalized spacial score (nSPS) is 19.3. The van der Waals surface area contributed by atoms with E-state index in [2.05, 4.69) is 61.8 Å². The highest BCUT2D eigenvalue weighted by Gasteiger charge is 2.19. The summed E-state index contributed by atoms with van der Waals surface area (Å²) in [5.41, 5.74) is 1.51. The molecule has 4 aromatic rings. The summed E-state index contributed by atoms with van der Waals surface area (Å²) in [6, 6.07) is 12.6. The van der Waals surface area contributed by atoms with Crippen LogP contribution >= 0.6 is 34.8 Å². The van der Waals surface area contributed by atoms with Gasteiger partial charge in [-0.1, -0.05) is 74.6 Å². The third-order valence-corrected chi connectivity index (χ3v) is 12.1. The second-order valence-electron chi connectivity index (χ2n) is 16.2. The zero-order chi connectivity index (χ0) is 44.2. The number of aromatic nitrogens is 6. The van der Waals surface area contributed by atoms with Gasteiger partial charge in [0.15, 0.2) is 0 Å². The molecule has 2 aromatic carbocycles. The topological polar surface area (TPSA) is 197 Å². The fourth-order valence-electron chi connectivity index (χ4n) is 7.96. The van der Waals surface area contributed by atoms with Crippen LogP contribution in [0.4, 0.5) is 35.2 Å². The molecule has 4 fully saturated rings. The molecule has 2 saturated carbocycles. The molecule has 0 radical (unpaired) electrons. The molecular formula is C44H63Cl3N12O4. The van der Waals surface area contributed by atoms with Gasteiger partial charge >= 0.3 is 6.01 Å². The smallest absolute Gasteiger partial charge is 0.323 e. The van der Waals surface area contributed by atoms with Crippen LogP contribution in [0.1, 0.15) is 103 Å². The Labute approximate surface area is 386 Å². The number of nitrogens with zero attached hydrogens (tertiary/aromatic N) is 6. The first-order valence-electron chi connectivity index (χ1n) is 22.4. The van der Waals surface area contributed by atoms with Crippen molar-refractivity contribution >= 4 is 70.0 Å². The molecule has 16 nitrogen and oxygen atoms in total. The molecule has 0 spiro atoms. The van der Waals surface area contributed by atoms with Gasteiger partial charge in [-0.25, -0.2) is 0 Å². The van der Waals surface area contributed by atoms with Crippen LogP contribution in [0.2, 0.25) is 15.3 Å². The molecule has 4 aliphatic rings. The molecule has 7 N–H and O–H groups in total. The summed E-state index contributed by atoms with van der Waals surface area (Å²) >= 11 is 18.5. The fraction of sp³-hybridized carbons (Fsp3) is 0.591. The summed E-state index contributed by atoms with van der Waals surface area (Å²) in [5, 5.41) is 29.5. The number of hydrogen-bond acceptors (Lipinski definition) is 16. The fourth-order valence-corrected chi connectivity index (χ4v) is 8.63. The SMILES string of the molecule is COc1ccc(Nc2nc(Cl)nc(NC3CCCCCC3)n2)cc1Cl.COc1ccc(Nc2nc(NC3CCCCCC3)nc(OCC3CCCN3)n2)cc1Cl.OCC1CCCN1. The maximum absolute atomic E-state index is 8.50. The Morgan fingerprint density at radius 1 is 0.571 bits per heavy atom. The molecule has 8 rings (SSSR count). The molecular weight excluding hydrogens is 867 g/mol. The van der Waals surface area contributed by atoms with Crippen LogP contribution in [0.3, 0.4) is 0 Å². The second kappa shape index (κ2) is 25.9. The third kappa shape index (κ3) is 16.4. The third-order valence-electron chi connectivity index (χ3n) is 11.4. The number of anilines is 6. The summed E-state index contributed by atoms with van der Waals surface area (Å²) in [4.78, 5) is 26.3. The highest BCUT2D eigenvalue weighted by molar-refractivity contribution is 6.32. The largest absolute Gasteiger partial charge is 0.495 e. The Bertz CT molecular complexity index is 1980.